The van der Waals surface area contributed by atoms with Crippen molar-refractivity contribution in [2.24, 2.45) is 0 Å². The Bertz CT molecular complexity index is 916. The molecule has 0 bridgehead atoms. The van der Waals surface area contributed by atoms with Crippen LogP contribution in [0, 0.1) is 0 Å². The van der Waals surface area contributed by atoms with Crippen LogP contribution in [-0.4, -0.2) is 10.4 Å². The number of carbonyl (C=O) groups is 1. The van der Waals surface area contributed by atoms with Gasteiger partial charge in [-0.15, -0.1) is 0 Å². The van der Waals surface area contributed by atoms with Gasteiger partial charge in [-0.1, -0.05) is 62.2 Å². The van der Waals surface area contributed by atoms with E-state index in [2.05, 4.69) is 25.1 Å². The summed E-state index contributed by atoms with van der Waals surface area (Å²) < 4.78 is 2.03. The first-order valence-electron chi connectivity index (χ1n) is 9.97. The number of aromatic nitrogens is 1. The first-order valence-corrected chi connectivity index (χ1v) is 9.97. The molecule has 0 aliphatic rings. The second-order valence-electron chi connectivity index (χ2n) is 6.92. The number of unbranched alkanes of at least 4 members (excludes halogenated alkanes) is 2. The first-order chi connectivity index (χ1) is 13.8. The van der Waals surface area contributed by atoms with Crippen molar-refractivity contribution in [3.05, 3.63) is 108 Å². The van der Waals surface area contributed by atoms with Crippen LogP contribution in [0.1, 0.15) is 48.5 Å². The van der Waals surface area contributed by atoms with Gasteiger partial charge in [0.15, 0.2) is 5.78 Å². The number of allylic oxidation sites excluding steroid dienone is 3. The van der Waals surface area contributed by atoms with E-state index in [1.54, 1.807) is 6.08 Å². The number of ketones is 1. The Kier molecular flexibility index (Phi) is 7.20. The fraction of sp³-hybridized carbons (Fsp3) is 0.192. The molecule has 0 saturated heterocycles. The average Bonchev–Trinajstić information content (AvgIpc) is 3.27. The minimum absolute atomic E-state index is 0.0357. The summed E-state index contributed by atoms with van der Waals surface area (Å²) in [7, 11) is 0. The molecule has 0 radical (unpaired) electrons. The summed E-state index contributed by atoms with van der Waals surface area (Å²) in [4.78, 5) is 12.6. The SMILES string of the molecule is CCCCCC(=C/c1ccccc1)/C=C/C(=O)c1ccc(-n2cccc2)cc1. The summed E-state index contributed by atoms with van der Waals surface area (Å²) in [5, 5.41) is 0. The van der Waals surface area contributed by atoms with Crippen molar-refractivity contribution in [2.75, 3.05) is 0 Å². The minimum Gasteiger partial charge on any atom is -0.324 e. The predicted octanol–water partition coefficient (Wildman–Crippen LogP) is 6.88. The number of rotatable bonds is 9. The van der Waals surface area contributed by atoms with Crippen molar-refractivity contribution in [3.8, 4) is 5.69 Å². The highest BCUT2D eigenvalue weighted by Gasteiger charge is 2.03. The molecule has 0 amide bonds. The molecule has 0 saturated carbocycles. The molecule has 3 rings (SSSR count). The van der Waals surface area contributed by atoms with Crippen LogP contribution in [0.2, 0.25) is 0 Å². The molecule has 1 heterocycles. The second kappa shape index (κ2) is 10.3. The molecule has 1 aromatic heterocycles. The van der Waals surface area contributed by atoms with Crippen molar-refractivity contribution in [3.63, 3.8) is 0 Å². The van der Waals surface area contributed by atoms with E-state index in [0.29, 0.717) is 5.56 Å². The highest BCUT2D eigenvalue weighted by Crippen LogP contribution is 2.16. The third-order valence-electron chi connectivity index (χ3n) is 4.72. The summed E-state index contributed by atoms with van der Waals surface area (Å²) in [6.07, 6.45) is 14.4. The highest BCUT2D eigenvalue weighted by molar-refractivity contribution is 6.04. The van der Waals surface area contributed by atoms with Crippen molar-refractivity contribution in [2.45, 2.75) is 32.6 Å². The van der Waals surface area contributed by atoms with Crippen LogP contribution < -0.4 is 0 Å². The van der Waals surface area contributed by atoms with Gasteiger partial charge in [0.2, 0.25) is 0 Å². The molecule has 2 heteroatoms. The molecule has 0 atom stereocenters. The van der Waals surface area contributed by atoms with E-state index in [1.165, 1.54) is 24.0 Å². The molecule has 0 spiro atoms. The molecule has 2 aromatic carbocycles. The summed E-state index contributed by atoms with van der Waals surface area (Å²) >= 11 is 0. The van der Waals surface area contributed by atoms with Gasteiger partial charge >= 0.3 is 0 Å². The fourth-order valence-corrected chi connectivity index (χ4v) is 3.13. The maximum atomic E-state index is 12.6. The molecular formula is C26H27NO. The molecule has 0 aliphatic carbocycles. The predicted molar refractivity (Wildman–Crippen MR) is 118 cm³/mol. The van der Waals surface area contributed by atoms with Crippen molar-refractivity contribution >= 4 is 11.9 Å². The zero-order valence-corrected chi connectivity index (χ0v) is 16.4. The van der Waals surface area contributed by atoms with Crippen LogP contribution >= 0.6 is 0 Å². The van der Waals surface area contributed by atoms with Gasteiger partial charge in [0.1, 0.15) is 0 Å². The Balaban J connectivity index is 1.72. The van der Waals surface area contributed by atoms with Crippen LogP contribution in [0.3, 0.4) is 0 Å². The van der Waals surface area contributed by atoms with Gasteiger partial charge in [-0.05, 0) is 66.5 Å². The number of hydrogen-bond donors (Lipinski definition) is 0. The Labute approximate surface area is 167 Å². The van der Waals surface area contributed by atoms with Gasteiger partial charge in [-0.3, -0.25) is 4.79 Å². The van der Waals surface area contributed by atoms with Crippen LogP contribution in [0.5, 0.6) is 0 Å². The lowest BCUT2D eigenvalue weighted by atomic mass is 10.0. The molecule has 0 N–H and O–H groups in total. The van der Waals surface area contributed by atoms with Crippen LogP contribution in [-0.2, 0) is 0 Å². The molecule has 142 valence electrons. The van der Waals surface area contributed by atoms with Crippen LogP contribution in [0.4, 0.5) is 0 Å². The normalized spacial score (nSPS) is 11.8. The Morgan fingerprint density at radius 3 is 2.25 bits per heavy atom. The maximum Gasteiger partial charge on any atom is 0.185 e. The van der Waals surface area contributed by atoms with E-state index in [1.807, 2.05) is 77.6 Å². The quantitative estimate of drug-likeness (QED) is 0.174. The highest BCUT2D eigenvalue weighted by atomic mass is 16.1. The Morgan fingerprint density at radius 1 is 0.857 bits per heavy atom. The first kappa shape index (κ1) is 19.6. The van der Waals surface area contributed by atoms with Crippen LogP contribution in [0.25, 0.3) is 11.8 Å². The molecular weight excluding hydrogens is 342 g/mol. The van der Waals surface area contributed by atoms with E-state index < -0.39 is 0 Å². The number of nitrogens with zero attached hydrogens (tertiary/aromatic N) is 1. The van der Waals surface area contributed by atoms with Crippen LogP contribution in [0.15, 0.2) is 96.8 Å². The molecule has 3 aromatic rings. The number of benzene rings is 2. The van der Waals surface area contributed by atoms with Gasteiger partial charge in [0.25, 0.3) is 0 Å². The molecule has 0 fully saturated rings. The fourth-order valence-electron chi connectivity index (χ4n) is 3.13. The lowest BCUT2D eigenvalue weighted by Gasteiger charge is -2.05. The van der Waals surface area contributed by atoms with Gasteiger partial charge in [0, 0.05) is 23.6 Å². The third-order valence-corrected chi connectivity index (χ3v) is 4.72. The maximum absolute atomic E-state index is 12.6. The molecule has 2 nitrogen and oxygen atoms in total. The van der Waals surface area contributed by atoms with Gasteiger partial charge < -0.3 is 4.57 Å². The number of carbonyl (C=O) groups excluding carboxylic acids is 1. The number of hydrogen-bond acceptors (Lipinski definition) is 1. The van der Waals surface area contributed by atoms with E-state index in [0.717, 1.165) is 18.5 Å². The summed E-state index contributed by atoms with van der Waals surface area (Å²) in [6.45, 7) is 2.21. The Hall–Kier alpha value is -3.13. The van der Waals surface area contributed by atoms with Crippen molar-refractivity contribution in [1.29, 1.82) is 0 Å². The largest absolute Gasteiger partial charge is 0.324 e. The summed E-state index contributed by atoms with van der Waals surface area (Å²) in [5.41, 5.74) is 4.12. The molecule has 0 unspecified atom stereocenters. The minimum atomic E-state index is 0.0357. The molecule has 28 heavy (non-hydrogen) atoms. The Morgan fingerprint density at radius 2 is 1.57 bits per heavy atom. The zero-order chi connectivity index (χ0) is 19.6. The summed E-state index contributed by atoms with van der Waals surface area (Å²) in [5.74, 6) is 0.0357. The van der Waals surface area contributed by atoms with E-state index in [9.17, 15) is 4.79 Å². The third kappa shape index (κ3) is 5.68. The topological polar surface area (TPSA) is 22.0 Å². The van der Waals surface area contributed by atoms with Gasteiger partial charge in [-0.25, -0.2) is 0 Å². The van der Waals surface area contributed by atoms with Gasteiger partial charge in [-0.2, -0.15) is 0 Å². The second-order valence-corrected chi connectivity index (χ2v) is 6.92. The van der Waals surface area contributed by atoms with Crippen molar-refractivity contribution in [1.82, 2.24) is 4.57 Å². The lowest BCUT2D eigenvalue weighted by Crippen LogP contribution is -1.96. The van der Waals surface area contributed by atoms with E-state index >= 15 is 0 Å². The standard InChI is InChI=1S/C26H27NO/c1-2-3-5-10-23(21-22-11-6-4-7-12-22)13-18-26(28)24-14-16-25(17-15-24)27-19-8-9-20-27/h4,6-9,11-21H,2-3,5,10H2,1H3/b18-13+,23-21-. The average molecular weight is 370 g/mol. The summed E-state index contributed by atoms with van der Waals surface area (Å²) in [6, 6.07) is 22.0. The van der Waals surface area contributed by atoms with Gasteiger partial charge in [0.05, 0.1) is 0 Å². The van der Waals surface area contributed by atoms with E-state index in [4.69, 9.17) is 0 Å². The zero-order valence-electron chi connectivity index (χ0n) is 16.4. The monoisotopic (exact) mass is 369 g/mol. The molecule has 0 aliphatic heterocycles. The smallest absolute Gasteiger partial charge is 0.185 e. The lowest BCUT2D eigenvalue weighted by molar-refractivity contribution is 0.104. The van der Waals surface area contributed by atoms with Crippen molar-refractivity contribution < 1.29 is 4.79 Å². The van der Waals surface area contributed by atoms with E-state index in [-0.39, 0.29) is 5.78 Å².